The number of amides is 1. The van der Waals surface area contributed by atoms with Gasteiger partial charge in [0.25, 0.3) is 0 Å². The van der Waals surface area contributed by atoms with Crippen molar-refractivity contribution in [2.45, 2.75) is 59.1 Å². The molecule has 1 aliphatic carbocycles. The van der Waals surface area contributed by atoms with Crippen molar-refractivity contribution in [3.63, 3.8) is 0 Å². The summed E-state index contributed by atoms with van der Waals surface area (Å²) in [5.41, 5.74) is 4.46. The molecule has 3 saturated heterocycles. The van der Waals surface area contributed by atoms with Crippen LogP contribution in [0.3, 0.4) is 0 Å². The molecule has 2 atom stereocenters. The molecule has 3 heterocycles. The van der Waals surface area contributed by atoms with Crippen LogP contribution < -0.4 is 10.1 Å². The highest BCUT2D eigenvalue weighted by Crippen LogP contribution is 2.46. The Bertz CT molecular complexity index is 1090. The molecule has 1 amide bonds. The predicted octanol–water partition coefficient (Wildman–Crippen LogP) is 6.49. The monoisotopic (exact) mass is 496 g/mol. The zero-order valence-corrected chi connectivity index (χ0v) is 22.0. The number of carbonyl (C=O) groups excluding carboxylic acids is 1. The summed E-state index contributed by atoms with van der Waals surface area (Å²) in [6.45, 7) is 12.5. The van der Waals surface area contributed by atoms with Gasteiger partial charge in [0.15, 0.2) is 0 Å². The Hall–Kier alpha value is -2.24. The lowest BCUT2D eigenvalue weighted by Crippen LogP contribution is -2.53. The number of benzene rings is 2. The molecule has 0 saturated carbocycles. The molecule has 0 spiro atoms. The van der Waals surface area contributed by atoms with Gasteiger partial charge < -0.3 is 14.8 Å². The summed E-state index contributed by atoms with van der Waals surface area (Å²) in [6.07, 6.45) is 2.87. The van der Waals surface area contributed by atoms with Crippen molar-refractivity contribution in [2.24, 2.45) is 17.3 Å². The van der Waals surface area contributed by atoms with Crippen molar-refractivity contribution < 1.29 is 14.3 Å². The normalized spacial score (nSPS) is 26.5. The molecule has 188 valence electrons. The maximum Gasteiger partial charge on any atom is 0.407 e. The Morgan fingerprint density at radius 1 is 1.14 bits per heavy atom. The third kappa shape index (κ3) is 5.31. The Morgan fingerprint density at radius 3 is 2.60 bits per heavy atom. The molecule has 3 aliphatic heterocycles. The molecule has 0 radical (unpaired) electrons. The first-order chi connectivity index (χ1) is 16.7. The highest BCUT2D eigenvalue weighted by molar-refractivity contribution is 6.31. The lowest BCUT2D eigenvalue weighted by Gasteiger charge is -2.44. The van der Waals surface area contributed by atoms with Crippen molar-refractivity contribution >= 4 is 17.7 Å². The molecule has 35 heavy (non-hydrogen) atoms. The van der Waals surface area contributed by atoms with E-state index in [0.717, 1.165) is 55.8 Å². The van der Waals surface area contributed by atoms with Crippen LogP contribution in [-0.2, 0) is 11.2 Å². The summed E-state index contributed by atoms with van der Waals surface area (Å²) in [5, 5.41) is 3.88. The van der Waals surface area contributed by atoms with Crippen LogP contribution in [0.5, 0.6) is 5.75 Å². The molecule has 2 aromatic rings. The fourth-order valence-electron chi connectivity index (χ4n) is 5.92. The number of nitrogens with one attached hydrogen (secondary N) is 1. The second-order valence-corrected chi connectivity index (χ2v) is 12.1. The van der Waals surface area contributed by atoms with Crippen molar-refractivity contribution in [3.05, 3.63) is 52.5 Å². The molecule has 2 aromatic carbocycles. The van der Waals surface area contributed by atoms with E-state index in [-0.39, 0.29) is 23.7 Å². The lowest BCUT2D eigenvalue weighted by atomic mass is 9.85. The van der Waals surface area contributed by atoms with Crippen LogP contribution >= 0.6 is 11.6 Å². The number of halogens is 1. The molecule has 6 rings (SSSR count). The molecule has 0 aromatic heterocycles. The summed E-state index contributed by atoms with van der Waals surface area (Å²) < 4.78 is 11.9. The molecule has 6 heteroatoms. The number of carbonyl (C=O) groups is 1. The van der Waals surface area contributed by atoms with E-state index in [4.69, 9.17) is 21.1 Å². The van der Waals surface area contributed by atoms with Gasteiger partial charge in [0, 0.05) is 11.6 Å². The first-order valence-corrected chi connectivity index (χ1v) is 13.3. The predicted molar refractivity (Wildman–Crippen MR) is 140 cm³/mol. The van der Waals surface area contributed by atoms with Gasteiger partial charge in [-0.25, -0.2) is 4.79 Å². The first-order valence-electron chi connectivity index (χ1n) is 12.9. The first kappa shape index (κ1) is 24.5. The third-order valence-electron chi connectivity index (χ3n) is 7.79. The topological polar surface area (TPSA) is 50.8 Å². The third-order valence-corrected chi connectivity index (χ3v) is 8.00. The van der Waals surface area contributed by atoms with Gasteiger partial charge in [0.05, 0.1) is 12.6 Å². The minimum atomic E-state index is -0.291. The maximum atomic E-state index is 12.9. The number of alkyl carbamates (subject to hydrolysis) is 1. The molecule has 0 unspecified atom stereocenters. The number of hydrogen-bond acceptors (Lipinski definition) is 4. The van der Waals surface area contributed by atoms with E-state index in [9.17, 15) is 4.79 Å². The summed E-state index contributed by atoms with van der Waals surface area (Å²) in [5.74, 6) is 1.74. The highest BCUT2D eigenvalue weighted by atomic mass is 35.5. The van der Waals surface area contributed by atoms with Crippen LogP contribution in [0.4, 0.5) is 4.79 Å². The molecule has 1 N–H and O–H groups in total. The van der Waals surface area contributed by atoms with E-state index in [2.05, 4.69) is 62.2 Å². The fraction of sp³-hybridized carbons (Fsp3) is 0.552. The average molecular weight is 497 g/mol. The molecular formula is C29H37ClN2O3. The SMILES string of the molecule is CC(C)COc1cc(Cl)cc(-c2ccc3c(c2)CC(C)(C)[C@H]3NC(=O)O[C@@H]2CN3CCC2CC3)c1. The van der Waals surface area contributed by atoms with Gasteiger partial charge in [-0.3, -0.25) is 4.90 Å². The Kier molecular flexibility index (Phi) is 6.75. The van der Waals surface area contributed by atoms with Gasteiger partial charge in [-0.05, 0) is 90.1 Å². The van der Waals surface area contributed by atoms with Crippen LogP contribution in [0.25, 0.3) is 11.1 Å². The van der Waals surface area contributed by atoms with E-state index >= 15 is 0 Å². The molecule has 2 bridgehead atoms. The van der Waals surface area contributed by atoms with Crippen LogP contribution in [0.15, 0.2) is 36.4 Å². The lowest BCUT2D eigenvalue weighted by molar-refractivity contribution is -0.0348. The van der Waals surface area contributed by atoms with Gasteiger partial charge >= 0.3 is 6.09 Å². The summed E-state index contributed by atoms with van der Waals surface area (Å²) in [7, 11) is 0. The Labute approximate surface area is 214 Å². The van der Waals surface area contributed by atoms with Gasteiger partial charge in [-0.15, -0.1) is 0 Å². The second-order valence-electron chi connectivity index (χ2n) is 11.6. The largest absolute Gasteiger partial charge is 0.493 e. The Balaban J connectivity index is 1.32. The van der Waals surface area contributed by atoms with Gasteiger partial charge in [-0.1, -0.05) is 57.5 Å². The minimum absolute atomic E-state index is 0.0128. The van der Waals surface area contributed by atoms with Crippen LogP contribution in [0.2, 0.25) is 5.02 Å². The van der Waals surface area contributed by atoms with Crippen molar-refractivity contribution in [2.75, 3.05) is 26.2 Å². The van der Waals surface area contributed by atoms with E-state index in [0.29, 0.717) is 23.5 Å². The van der Waals surface area contributed by atoms with Crippen LogP contribution in [0, 0.1) is 17.3 Å². The van der Waals surface area contributed by atoms with E-state index in [1.54, 1.807) is 0 Å². The fourth-order valence-corrected chi connectivity index (χ4v) is 6.14. The van der Waals surface area contributed by atoms with Gasteiger partial charge in [-0.2, -0.15) is 0 Å². The van der Waals surface area contributed by atoms with Crippen molar-refractivity contribution in [3.8, 4) is 16.9 Å². The summed E-state index contributed by atoms with van der Waals surface area (Å²) in [6, 6.07) is 12.3. The van der Waals surface area contributed by atoms with E-state index in [1.165, 1.54) is 11.1 Å². The number of fused-ring (bicyclic) bond motifs is 4. The van der Waals surface area contributed by atoms with Crippen LogP contribution in [-0.4, -0.2) is 43.3 Å². The second kappa shape index (κ2) is 9.67. The van der Waals surface area contributed by atoms with Gasteiger partial charge in [0.2, 0.25) is 0 Å². The van der Waals surface area contributed by atoms with Gasteiger partial charge in [0.1, 0.15) is 11.9 Å². The number of hydrogen-bond donors (Lipinski definition) is 1. The molecule has 4 aliphatic rings. The maximum absolute atomic E-state index is 12.9. The number of rotatable bonds is 6. The van der Waals surface area contributed by atoms with Crippen molar-refractivity contribution in [1.82, 2.24) is 10.2 Å². The van der Waals surface area contributed by atoms with E-state index < -0.39 is 0 Å². The molecular weight excluding hydrogens is 460 g/mol. The average Bonchev–Trinajstić information content (AvgIpc) is 3.06. The molecule has 5 nitrogen and oxygen atoms in total. The number of ether oxygens (including phenoxy) is 2. The van der Waals surface area contributed by atoms with Crippen LogP contribution in [0.1, 0.15) is 57.7 Å². The Morgan fingerprint density at radius 2 is 1.91 bits per heavy atom. The smallest absolute Gasteiger partial charge is 0.407 e. The van der Waals surface area contributed by atoms with Crippen molar-refractivity contribution in [1.29, 1.82) is 0 Å². The molecule has 3 fully saturated rings. The number of nitrogens with zero attached hydrogens (tertiary/aromatic N) is 1. The number of piperidine rings is 3. The quantitative estimate of drug-likeness (QED) is 0.497. The minimum Gasteiger partial charge on any atom is -0.493 e. The standard InChI is InChI=1S/C29H37ClN2O3/c1-18(2)17-34-24-13-21(12-23(30)14-24)20-5-6-25-22(11-20)15-29(3,4)27(25)31-28(33)35-26-16-32-9-7-19(26)8-10-32/h5-6,11-14,18-19,26-27H,7-10,15-17H2,1-4H3,(H,31,33)/t26-,27+/m1/s1. The summed E-state index contributed by atoms with van der Waals surface area (Å²) in [4.78, 5) is 15.3. The van der Waals surface area contributed by atoms with E-state index in [1.807, 2.05) is 12.1 Å². The highest BCUT2D eigenvalue weighted by Gasteiger charge is 2.42. The zero-order chi connectivity index (χ0) is 24.7. The zero-order valence-electron chi connectivity index (χ0n) is 21.3. The summed E-state index contributed by atoms with van der Waals surface area (Å²) >= 11 is 6.42.